The van der Waals surface area contributed by atoms with Crippen LogP contribution in [0.2, 0.25) is 0 Å². The number of hydrogen-bond donors (Lipinski definition) is 4. The molecule has 0 saturated carbocycles. The second-order valence-corrected chi connectivity index (χ2v) is 10.3. The van der Waals surface area contributed by atoms with E-state index in [9.17, 15) is 20.1 Å². The van der Waals surface area contributed by atoms with Crippen molar-refractivity contribution in [3.05, 3.63) is 0 Å². The Labute approximate surface area is 211 Å². The Kier molecular flexibility index (Phi) is 25.0. The third-order valence-corrected chi connectivity index (χ3v) is 6.98. The van der Waals surface area contributed by atoms with Gasteiger partial charge in [-0.1, -0.05) is 142 Å². The van der Waals surface area contributed by atoms with Crippen molar-refractivity contribution in [1.82, 2.24) is 5.32 Å². The maximum absolute atomic E-state index is 12.2. The van der Waals surface area contributed by atoms with E-state index in [0.717, 1.165) is 32.1 Å². The van der Waals surface area contributed by atoms with Gasteiger partial charge in [-0.2, -0.15) is 0 Å². The highest BCUT2D eigenvalue weighted by molar-refractivity contribution is 5.80. The van der Waals surface area contributed by atoms with Crippen LogP contribution in [0.5, 0.6) is 0 Å². The van der Waals surface area contributed by atoms with Crippen molar-refractivity contribution in [1.29, 1.82) is 0 Å². The van der Waals surface area contributed by atoms with Gasteiger partial charge in [0.05, 0.1) is 18.8 Å². The van der Waals surface area contributed by atoms with Gasteiger partial charge in [0.15, 0.2) is 0 Å². The average Bonchev–Trinajstić information content (AvgIpc) is 2.84. The molecule has 1 amide bonds. The smallest absolute Gasteiger partial charge is 0.249 e. The van der Waals surface area contributed by atoms with Crippen LogP contribution in [0.25, 0.3) is 0 Å². The molecular formula is C29H59NO4. The Morgan fingerprint density at radius 2 is 0.941 bits per heavy atom. The fourth-order valence-electron chi connectivity index (χ4n) is 4.54. The lowest BCUT2D eigenvalue weighted by Gasteiger charge is -2.23. The van der Waals surface area contributed by atoms with Gasteiger partial charge in [-0.25, -0.2) is 0 Å². The highest BCUT2D eigenvalue weighted by Gasteiger charge is 2.23. The molecule has 1 unspecified atom stereocenters. The van der Waals surface area contributed by atoms with Crippen molar-refractivity contribution in [3.63, 3.8) is 0 Å². The number of hydrogen-bond acceptors (Lipinski definition) is 4. The van der Waals surface area contributed by atoms with E-state index in [2.05, 4.69) is 19.2 Å². The van der Waals surface area contributed by atoms with Crippen molar-refractivity contribution in [2.75, 3.05) is 6.61 Å². The van der Waals surface area contributed by atoms with E-state index in [1.807, 2.05) is 0 Å². The summed E-state index contributed by atoms with van der Waals surface area (Å²) in [5, 5.41) is 32.7. The first-order valence-electron chi connectivity index (χ1n) is 14.8. The molecule has 0 spiro atoms. The molecule has 0 heterocycles. The zero-order valence-corrected chi connectivity index (χ0v) is 22.7. The summed E-state index contributed by atoms with van der Waals surface area (Å²) in [7, 11) is 0. The molecule has 0 saturated heterocycles. The second kappa shape index (κ2) is 25.4. The number of aliphatic hydroxyl groups is 3. The van der Waals surface area contributed by atoms with Gasteiger partial charge in [0.25, 0.3) is 0 Å². The Hall–Kier alpha value is -0.650. The Morgan fingerprint density at radius 3 is 1.32 bits per heavy atom. The molecule has 0 aromatic rings. The first kappa shape index (κ1) is 33.4. The molecule has 0 bridgehead atoms. The maximum atomic E-state index is 12.2. The summed E-state index contributed by atoms with van der Waals surface area (Å²) in [5.74, 6) is -0.477. The van der Waals surface area contributed by atoms with Crippen LogP contribution < -0.4 is 5.32 Å². The molecule has 0 aliphatic heterocycles. The molecule has 0 aliphatic rings. The quantitative estimate of drug-likeness (QED) is 0.101. The van der Waals surface area contributed by atoms with Crippen molar-refractivity contribution in [3.8, 4) is 0 Å². The van der Waals surface area contributed by atoms with E-state index < -0.39 is 24.2 Å². The van der Waals surface area contributed by atoms with Crippen LogP contribution in [0.3, 0.4) is 0 Å². The number of carbonyl (C=O) groups is 1. The van der Waals surface area contributed by atoms with Gasteiger partial charge in [0.2, 0.25) is 5.91 Å². The summed E-state index contributed by atoms with van der Waals surface area (Å²) >= 11 is 0. The van der Waals surface area contributed by atoms with E-state index >= 15 is 0 Å². The van der Waals surface area contributed by atoms with Crippen LogP contribution in [0.4, 0.5) is 0 Å². The van der Waals surface area contributed by atoms with Gasteiger partial charge >= 0.3 is 0 Å². The molecule has 0 aromatic heterocycles. The van der Waals surface area contributed by atoms with E-state index in [-0.39, 0.29) is 6.61 Å². The van der Waals surface area contributed by atoms with Crippen molar-refractivity contribution >= 4 is 5.91 Å². The molecule has 204 valence electrons. The normalized spacial score (nSPS) is 14.1. The third kappa shape index (κ3) is 20.7. The minimum absolute atomic E-state index is 0.310. The predicted molar refractivity (Wildman–Crippen MR) is 144 cm³/mol. The number of aliphatic hydroxyl groups excluding tert-OH is 3. The van der Waals surface area contributed by atoms with E-state index in [4.69, 9.17) is 0 Å². The van der Waals surface area contributed by atoms with Crippen LogP contribution in [-0.4, -0.2) is 46.1 Å². The number of carbonyl (C=O) groups excluding carboxylic acids is 1. The molecule has 4 N–H and O–H groups in total. The van der Waals surface area contributed by atoms with E-state index in [0.29, 0.717) is 12.8 Å². The average molecular weight is 486 g/mol. The largest absolute Gasteiger partial charge is 0.394 e. The molecule has 0 rings (SSSR count). The highest BCUT2D eigenvalue weighted by Crippen LogP contribution is 2.14. The Morgan fingerprint density at radius 1 is 0.588 bits per heavy atom. The molecule has 0 aromatic carbocycles. The van der Waals surface area contributed by atoms with E-state index in [1.165, 1.54) is 96.3 Å². The van der Waals surface area contributed by atoms with Gasteiger partial charge in [-0.15, -0.1) is 0 Å². The fourth-order valence-corrected chi connectivity index (χ4v) is 4.54. The summed E-state index contributed by atoms with van der Waals surface area (Å²) in [5.41, 5.74) is 0. The van der Waals surface area contributed by atoms with Gasteiger partial charge in [-0.05, 0) is 12.8 Å². The van der Waals surface area contributed by atoms with Crippen LogP contribution in [0.1, 0.15) is 155 Å². The predicted octanol–water partition coefficient (Wildman–Crippen LogP) is 6.81. The number of nitrogens with one attached hydrogen (secondary N) is 1. The lowest BCUT2D eigenvalue weighted by atomic mass is 10.0. The minimum Gasteiger partial charge on any atom is -0.394 e. The standard InChI is InChI=1S/C29H59NO4/c1-3-5-7-9-11-12-13-14-15-16-18-19-21-23-27(32)26(25-31)30-29(34)28(33)24-22-20-17-10-8-6-4-2/h26-28,31-33H,3-25H2,1-2H3,(H,30,34)/t26-,27+,28?/m0/s1. The summed E-state index contributed by atoms with van der Waals surface area (Å²) < 4.78 is 0. The number of rotatable bonds is 26. The molecule has 0 radical (unpaired) electrons. The molecule has 5 nitrogen and oxygen atoms in total. The third-order valence-electron chi connectivity index (χ3n) is 6.98. The van der Waals surface area contributed by atoms with Gasteiger partial charge in [0, 0.05) is 0 Å². The molecule has 0 aliphatic carbocycles. The Balaban J connectivity index is 3.73. The summed E-state index contributed by atoms with van der Waals surface area (Å²) in [6.07, 6.45) is 23.7. The molecule has 0 fully saturated rings. The topological polar surface area (TPSA) is 89.8 Å². The highest BCUT2D eigenvalue weighted by atomic mass is 16.3. The van der Waals surface area contributed by atoms with Crippen LogP contribution >= 0.6 is 0 Å². The molecule has 3 atom stereocenters. The van der Waals surface area contributed by atoms with Gasteiger partial charge in [-0.3, -0.25) is 4.79 Å². The van der Waals surface area contributed by atoms with Crippen LogP contribution in [0.15, 0.2) is 0 Å². The Bertz CT molecular complexity index is 432. The monoisotopic (exact) mass is 485 g/mol. The summed E-state index contributed by atoms with van der Waals surface area (Å²) in [6.45, 7) is 4.15. The number of unbranched alkanes of at least 4 members (excludes halogenated alkanes) is 18. The minimum atomic E-state index is -1.06. The fraction of sp³-hybridized carbons (Fsp3) is 0.966. The summed E-state index contributed by atoms with van der Waals surface area (Å²) in [4.78, 5) is 12.2. The first-order valence-corrected chi connectivity index (χ1v) is 14.8. The maximum Gasteiger partial charge on any atom is 0.249 e. The molecular weight excluding hydrogens is 426 g/mol. The van der Waals surface area contributed by atoms with Crippen molar-refractivity contribution < 1.29 is 20.1 Å². The van der Waals surface area contributed by atoms with Gasteiger partial charge < -0.3 is 20.6 Å². The van der Waals surface area contributed by atoms with Crippen LogP contribution in [0, 0.1) is 0 Å². The lowest BCUT2D eigenvalue weighted by Crippen LogP contribution is -2.49. The molecule has 34 heavy (non-hydrogen) atoms. The van der Waals surface area contributed by atoms with Crippen molar-refractivity contribution in [2.24, 2.45) is 0 Å². The SMILES string of the molecule is CCCCCCCCCCCCCCC[C@@H](O)[C@H](CO)NC(=O)C(O)CCCCCCCCC. The van der Waals surface area contributed by atoms with Crippen LogP contribution in [-0.2, 0) is 4.79 Å². The molecule has 5 heteroatoms. The van der Waals surface area contributed by atoms with Gasteiger partial charge in [0.1, 0.15) is 6.10 Å². The van der Waals surface area contributed by atoms with Crippen molar-refractivity contribution in [2.45, 2.75) is 173 Å². The number of amides is 1. The zero-order valence-electron chi connectivity index (χ0n) is 22.7. The summed E-state index contributed by atoms with van der Waals surface area (Å²) in [6, 6.07) is -0.700. The lowest BCUT2D eigenvalue weighted by molar-refractivity contribution is -0.131. The van der Waals surface area contributed by atoms with E-state index in [1.54, 1.807) is 0 Å². The first-order chi connectivity index (χ1) is 16.6. The zero-order chi connectivity index (χ0) is 25.3. The second-order valence-electron chi connectivity index (χ2n) is 10.3.